The van der Waals surface area contributed by atoms with Crippen LogP contribution in [0.4, 0.5) is 4.39 Å². The number of thioether (sulfide) groups is 1. The van der Waals surface area contributed by atoms with Crippen LogP contribution in [0.5, 0.6) is 5.75 Å². The number of hydrogen-bond acceptors (Lipinski definition) is 3. The fourth-order valence-electron chi connectivity index (χ4n) is 1.87. The summed E-state index contributed by atoms with van der Waals surface area (Å²) in [5.41, 5.74) is 1.75. The van der Waals surface area contributed by atoms with Crippen LogP contribution < -0.4 is 4.74 Å². The number of rotatable bonds is 2. The number of aryl methyl sites for hydroxylation is 1. The second kappa shape index (κ2) is 4.07. The maximum atomic E-state index is 13.3. The number of nitrogens with zero attached hydrogens (tertiary/aromatic N) is 2. The summed E-state index contributed by atoms with van der Waals surface area (Å²) >= 11 is 1.74. The molecule has 0 aliphatic carbocycles. The van der Waals surface area contributed by atoms with Crippen molar-refractivity contribution in [3.05, 3.63) is 30.2 Å². The van der Waals surface area contributed by atoms with Crippen molar-refractivity contribution >= 4 is 11.8 Å². The lowest BCUT2D eigenvalue weighted by atomic mass is 10.1. The van der Waals surface area contributed by atoms with Crippen LogP contribution >= 0.6 is 11.8 Å². The molecule has 17 heavy (non-hydrogen) atoms. The van der Waals surface area contributed by atoms with Crippen LogP contribution in [0.15, 0.2) is 29.6 Å². The van der Waals surface area contributed by atoms with Crippen LogP contribution in [0.1, 0.15) is 0 Å². The van der Waals surface area contributed by atoms with Crippen molar-refractivity contribution in [1.29, 1.82) is 0 Å². The zero-order chi connectivity index (χ0) is 11.8. The van der Waals surface area contributed by atoms with Crippen molar-refractivity contribution in [2.24, 2.45) is 0 Å². The Bertz CT molecular complexity index is 546. The second-order valence-electron chi connectivity index (χ2n) is 3.80. The SMILES string of the molecule is COc1cc(-c2cn3c(n2)SCC3)ccc1F. The molecule has 88 valence electrons. The summed E-state index contributed by atoms with van der Waals surface area (Å²) in [6.07, 6.45) is 2.00. The monoisotopic (exact) mass is 250 g/mol. The Balaban J connectivity index is 2.03. The van der Waals surface area contributed by atoms with Crippen molar-refractivity contribution < 1.29 is 9.13 Å². The maximum absolute atomic E-state index is 13.3. The van der Waals surface area contributed by atoms with Crippen LogP contribution in [0.3, 0.4) is 0 Å². The van der Waals surface area contributed by atoms with Crippen molar-refractivity contribution in [1.82, 2.24) is 9.55 Å². The Morgan fingerprint density at radius 1 is 1.47 bits per heavy atom. The van der Waals surface area contributed by atoms with Crippen molar-refractivity contribution in [3.8, 4) is 17.0 Å². The maximum Gasteiger partial charge on any atom is 0.168 e. The van der Waals surface area contributed by atoms with Crippen LogP contribution in [0.25, 0.3) is 11.3 Å². The van der Waals surface area contributed by atoms with Gasteiger partial charge in [0, 0.05) is 24.1 Å². The number of halogens is 1. The van der Waals surface area contributed by atoms with Gasteiger partial charge in [0.2, 0.25) is 0 Å². The summed E-state index contributed by atoms with van der Waals surface area (Å²) in [4.78, 5) is 4.51. The predicted molar refractivity (Wildman–Crippen MR) is 64.9 cm³/mol. The van der Waals surface area contributed by atoms with Crippen LogP contribution in [-0.2, 0) is 6.54 Å². The molecule has 5 heteroatoms. The zero-order valence-electron chi connectivity index (χ0n) is 9.31. The van der Waals surface area contributed by atoms with Gasteiger partial charge in [-0.05, 0) is 18.2 Å². The molecule has 2 aromatic rings. The molecule has 0 saturated carbocycles. The Morgan fingerprint density at radius 3 is 3.12 bits per heavy atom. The van der Waals surface area contributed by atoms with Crippen molar-refractivity contribution in [2.45, 2.75) is 11.7 Å². The fourth-order valence-corrected chi connectivity index (χ4v) is 2.81. The van der Waals surface area contributed by atoms with E-state index in [2.05, 4.69) is 9.55 Å². The van der Waals surface area contributed by atoms with Crippen molar-refractivity contribution in [3.63, 3.8) is 0 Å². The third-order valence-electron chi connectivity index (χ3n) is 2.75. The molecule has 3 nitrogen and oxygen atoms in total. The van der Waals surface area contributed by atoms with Gasteiger partial charge in [0.25, 0.3) is 0 Å². The summed E-state index contributed by atoms with van der Waals surface area (Å²) < 4.78 is 20.4. The van der Waals surface area contributed by atoms with Gasteiger partial charge in [-0.15, -0.1) is 0 Å². The first-order chi connectivity index (χ1) is 8.28. The first-order valence-electron chi connectivity index (χ1n) is 5.32. The van der Waals surface area contributed by atoms with E-state index in [1.54, 1.807) is 23.9 Å². The first kappa shape index (κ1) is 10.7. The Kier molecular flexibility index (Phi) is 2.55. The Labute approximate surface area is 103 Å². The molecule has 0 unspecified atom stereocenters. The molecule has 1 aliphatic rings. The van der Waals surface area contributed by atoms with E-state index in [1.807, 2.05) is 6.20 Å². The van der Waals surface area contributed by atoms with Crippen molar-refractivity contribution in [2.75, 3.05) is 12.9 Å². The third-order valence-corrected chi connectivity index (χ3v) is 3.72. The topological polar surface area (TPSA) is 27.1 Å². The van der Waals surface area contributed by atoms with Gasteiger partial charge in [0.05, 0.1) is 12.8 Å². The quantitative estimate of drug-likeness (QED) is 0.820. The standard InChI is InChI=1S/C12H11FN2OS/c1-16-11-6-8(2-3-9(11)13)10-7-15-4-5-17-12(15)14-10/h2-3,6-7H,4-5H2,1H3. The van der Waals surface area contributed by atoms with E-state index >= 15 is 0 Å². The molecule has 3 rings (SSSR count). The summed E-state index contributed by atoms with van der Waals surface area (Å²) in [5.74, 6) is 0.982. The highest BCUT2D eigenvalue weighted by molar-refractivity contribution is 7.99. The minimum absolute atomic E-state index is 0.253. The lowest BCUT2D eigenvalue weighted by molar-refractivity contribution is 0.387. The highest BCUT2D eigenvalue weighted by Crippen LogP contribution is 2.31. The number of ether oxygens (including phenoxy) is 1. The molecule has 2 heterocycles. The summed E-state index contributed by atoms with van der Waals surface area (Å²) in [5, 5.41) is 1.03. The highest BCUT2D eigenvalue weighted by atomic mass is 32.2. The van der Waals surface area contributed by atoms with E-state index in [0.29, 0.717) is 0 Å². The van der Waals surface area contributed by atoms with E-state index in [4.69, 9.17) is 4.74 Å². The first-order valence-corrected chi connectivity index (χ1v) is 6.30. The summed E-state index contributed by atoms with van der Waals surface area (Å²) in [6.45, 7) is 0.991. The van der Waals surface area contributed by atoms with Crippen LogP contribution in [0, 0.1) is 5.82 Å². The summed E-state index contributed by atoms with van der Waals surface area (Å²) in [6, 6.07) is 4.81. The number of imidazole rings is 1. The molecule has 1 aromatic heterocycles. The van der Waals surface area contributed by atoms with Gasteiger partial charge >= 0.3 is 0 Å². The highest BCUT2D eigenvalue weighted by Gasteiger charge is 2.16. The number of benzene rings is 1. The average molecular weight is 250 g/mol. The van der Waals surface area contributed by atoms with Gasteiger partial charge in [0.1, 0.15) is 0 Å². The Hall–Kier alpha value is -1.49. The van der Waals surface area contributed by atoms with E-state index in [0.717, 1.165) is 28.7 Å². The number of hydrogen-bond donors (Lipinski definition) is 0. The van der Waals surface area contributed by atoms with Gasteiger partial charge in [-0.2, -0.15) is 0 Å². The van der Waals surface area contributed by atoms with Gasteiger partial charge in [-0.25, -0.2) is 9.37 Å². The molecule has 0 N–H and O–H groups in total. The second-order valence-corrected chi connectivity index (χ2v) is 4.86. The zero-order valence-corrected chi connectivity index (χ0v) is 10.1. The largest absolute Gasteiger partial charge is 0.494 e. The molecular weight excluding hydrogens is 239 g/mol. The molecular formula is C12H11FN2OS. The lowest BCUT2D eigenvalue weighted by Crippen LogP contribution is -1.90. The van der Waals surface area contributed by atoms with Gasteiger partial charge in [-0.1, -0.05) is 11.8 Å². The minimum Gasteiger partial charge on any atom is -0.494 e. The van der Waals surface area contributed by atoms with E-state index in [9.17, 15) is 4.39 Å². The summed E-state index contributed by atoms with van der Waals surface area (Å²) in [7, 11) is 1.46. The predicted octanol–water partition coefficient (Wildman–Crippen LogP) is 2.80. The van der Waals surface area contributed by atoms with E-state index < -0.39 is 0 Å². The van der Waals surface area contributed by atoms with E-state index in [1.165, 1.54) is 13.2 Å². The average Bonchev–Trinajstić information content (AvgIpc) is 2.90. The van der Waals surface area contributed by atoms with E-state index in [-0.39, 0.29) is 11.6 Å². The molecule has 0 radical (unpaired) electrons. The van der Waals surface area contributed by atoms with Gasteiger partial charge in [0.15, 0.2) is 16.7 Å². The number of aromatic nitrogens is 2. The molecule has 1 aliphatic heterocycles. The smallest absolute Gasteiger partial charge is 0.168 e. The van der Waals surface area contributed by atoms with Crippen LogP contribution in [-0.4, -0.2) is 22.4 Å². The fraction of sp³-hybridized carbons (Fsp3) is 0.250. The molecule has 0 atom stereocenters. The number of fused-ring (bicyclic) bond motifs is 1. The minimum atomic E-state index is -0.350. The molecule has 0 saturated heterocycles. The molecule has 0 spiro atoms. The lowest BCUT2D eigenvalue weighted by Gasteiger charge is -2.03. The van der Waals surface area contributed by atoms with Gasteiger partial charge < -0.3 is 9.30 Å². The third kappa shape index (κ3) is 1.80. The molecule has 0 bridgehead atoms. The molecule has 0 amide bonds. The molecule has 1 aromatic carbocycles. The number of methoxy groups -OCH3 is 1. The van der Waals surface area contributed by atoms with Gasteiger partial charge in [-0.3, -0.25) is 0 Å². The Morgan fingerprint density at radius 2 is 2.35 bits per heavy atom. The van der Waals surface area contributed by atoms with Crippen LogP contribution in [0.2, 0.25) is 0 Å². The normalized spacial score (nSPS) is 13.8. The molecule has 0 fully saturated rings.